The zero-order valence-electron chi connectivity index (χ0n) is 7.77. The van der Waals surface area contributed by atoms with Gasteiger partial charge in [-0.2, -0.15) is 8.42 Å². The Kier molecular flexibility index (Phi) is 5.11. The van der Waals surface area contributed by atoms with Crippen molar-refractivity contribution < 1.29 is 37.3 Å². The fourth-order valence-electron chi connectivity index (χ4n) is 0.777. The van der Waals surface area contributed by atoms with Gasteiger partial charge in [0.25, 0.3) is 0 Å². The van der Waals surface area contributed by atoms with Crippen LogP contribution >= 0.6 is 0 Å². The normalized spacial score (nSPS) is 18.1. The molecule has 0 spiro atoms. The highest BCUT2D eigenvalue weighted by molar-refractivity contribution is 7.80. The molecule has 0 fully saturated rings. The van der Waals surface area contributed by atoms with E-state index in [1.807, 2.05) is 0 Å². The lowest BCUT2D eigenvalue weighted by molar-refractivity contribution is -0.148. The minimum atomic E-state index is -4.71. The lowest BCUT2D eigenvalue weighted by Crippen LogP contribution is -2.34. The van der Waals surface area contributed by atoms with Crippen LogP contribution in [0.1, 0.15) is 13.3 Å². The maximum atomic E-state index is 10.2. The van der Waals surface area contributed by atoms with Crippen LogP contribution in [0, 0.1) is 0 Å². The van der Waals surface area contributed by atoms with E-state index in [1.165, 1.54) is 0 Å². The van der Waals surface area contributed by atoms with E-state index in [9.17, 15) is 18.3 Å². The first-order valence-electron chi connectivity index (χ1n) is 3.88. The molecule has 8 nitrogen and oxygen atoms in total. The molecule has 0 aliphatic rings. The van der Waals surface area contributed by atoms with Crippen LogP contribution in [0.5, 0.6) is 0 Å². The molecule has 0 unspecified atom stereocenters. The lowest BCUT2D eigenvalue weighted by atomic mass is 10.1. The summed E-state index contributed by atoms with van der Waals surface area (Å²) in [7, 11) is -4.71. The fraction of sp³-hybridized carbons (Fsp3) is 0.833. The van der Waals surface area contributed by atoms with Gasteiger partial charge in [-0.05, 0) is 6.92 Å². The Morgan fingerprint density at radius 2 is 1.87 bits per heavy atom. The Bertz CT molecular complexity index is 309. The standard InChI is InChI=1S/C6H12O8S/c1-3(14-15(11,12)13)4(7)2-5(8)6(9)10/h3-5,7-8H,2H2,1H3,(H,9,10)(H,11,12,13)/t3-,4-,5-/m0/s1. The van der Waals surface area contributed by atoms with Crippen LogP contribution in [0.3, 0.4) is 0 Å². The van der Waals surface area contributed by atoms with Gasteiger partial charge in [-0.1, -0.05) is 0 Å². The first kappa shape index (κ1) is 14.3. The summed E-state index contributed by atoms with van der Waals surface area (Å²) < 4.78 is 32.6. The van der Waals surface area contributed by atoms with Gasteiger partial charge in [0.2, 0.25) is 0 Å². The minimum absolute atomic E-state index is 0.605. The van der Waals surface area contributed by atoms with E-state index < -0.39 is 41.1 Å². The Morgan fingerprint density at radius 1 is 1.40 bits per heavy atom. The summed E-state index contributed by atoms with van der Waals surface area (Å²) in [6.45, 7) is 1.10. The van der Waals surface area contributed by atoms with Crippen molar-refractivity contribution >= 4 is 16.4 Å². The molecular weight excluding hydrogens is 232 g/mol. The molecule has 15 heavy (non-hydrogen) atoms. The second kappa shape index (κ2) is 5.37. The maximum absolute atomic E-state index is 10.2. The van der Waals surface area contributed by atoms with Crippen molar-refractivity contribution in [1.29, 1.82) is 0 Å². The summed E-state index contributed by atoms with van der Waals surface area (Å²) >= 11 is 0. The van der Waals surface area contributed by atoms with E-state index in [-0.39, 0.29) is 0 Å². The second-order valence-electron chi connectivity index (χ2n) is 2.89. The lowest BCUT2D eigenvalue weighted by Gasteiger charge is -2.18. The van der Waals surface area contributed by atoms with Crippen molar-refractivity contribution in [3.05, 3.63) is 0 Å². The molecule has 0 saturated carbocycles. The summed E-state index contributed by atoms with van der Waals surface area (Å²) in [5, 5.41) is 26.3. The molecule has 90 valence electrons. The van der Waals surface area contributed by atoms with E-state index >= 15 is 0 Å². The number of aliphatic carboxylic acids is 1. The third-order valence-corrected chi connectivity index (χ3v) is 2.11. The molecule has 0 radical (unpaired) electrons. The Hall–Kier alpha value is -0.740. The van der Waals surface area contributed by atoms with Crippen LogP contribution in [0.2, 0.25) is 0 Å². The zero-order valence-corrected chi connectivity index (χ0v) is 8.59. The quantitative estimate of drug-likeness (QED) is 0.409. The van der Waals surface area contributed by atoms with Gasteiger partial charge in [0.05, 0.1) is 6.10 Å². The van der Waals surface area contributed by atoms with Crippen LogP contribution in [-0.4, -0.2) is 52.6 Å². The van der Waals surface area contributed by atoms with Crippen LogP contribution in [0.25, 0.3) is 0 Å². The number of hydrogen-bond acceptors (Lipinski definition) is 6. The number of aliphatic hydroxyl groups is 2. The fourth-order valence-corrected chi connectivity index (χ4v) is 1.29. The van der Waals surface area contributed by atoms with E-state index in [0.29, 0.717) is 0 Å². The van der Waals surface area contributed by atoms with Gasteiger partial charge in [-0.15, -0.1) is 0 Å². The molecule has 4 N–H and O–H groups in total. The number of carboxylic acid groups (broad SMARTS) is 1. The Morgan fingerprint density at radius 3 is 2.20 bits per heavy atom. The van der Waals surface area contributed by atoms with Gasteiger partial charge < -0.3 is 15.3 Å². The van der Waals surface area contributed by atoms with Crippen molar-refractivity contribution in [2.75, 3.05) is 0 Å². The predicted molar refractivity (Wildman–Crippen MR) is 46.4 cm³/mol. The van der Waals surface area contributed by atoms with E-state index in [0.717, 1.165) is 6.92 Å². The van der Waals surface area contributed by atoms with E-state index in [4.69, 9.17) is 14.8 Å². The average Bonchev–Trinajstić information content (AvgIpc) is 2.00. The number of carboxylic acids is 1. The molecule has 3 atom stereocenters. The first-order valence-corrected chi connectivity index (χ1v) is 5.24. The number of carbonyl (C=O) groups is 1. The highest BCUT2D eigenvalue weighted by Gasteiger charge is 2.25. The van der Waals surface area contributed by atoms with Crippen molar-refractivity contribution in [3.8, 4) is 0 Å². The molecule has 0 bridgehead atoms. The van der Waals surface area contributed by atoms with Gasteiger partial charge in [-0.3, -0.25) is 4.55 Å². The largest absolute Gasteiger partial charge is 0.479 e. The third kappa shape index (κ3) is 6.36. The minimum Gasteiger partial charge on any atom is -0.479 e. The summed E-state index contributed by atoms with van der Waals surface area (Å²) in [5.41, 5.74) is 0. The van der Waals surface area contributed by atoms with Gasteiger partial charge >= 0.3 is 16.4 Å². The molecule has 0 amide bonds. The Balaban J connectivity index is 4.22. The zero-order chi connectivity index (χ0) is 12.2. The van der Waals surface area contributed by atoms with Gasteiger partial charge in [0, 0.05) is 6.42 Å². The molecule has 0 aromatic rings. The van der Waals surface area contributed by atoms with E-state index in [1.54, 1.807) is 0 Å². The van der Waals surface area contributed by atoms with Crippen LogP contribution < -0.4 is 0 Å². The van der Waals surface area contributed by atoms with Crippen molar-refractivity contribution in [1.82, 2.24) is 0 Å². The summed E-state index contributed by atoms with van der Waals surface area (Å²) in [6.07, 6.45) is -5.31. The number of hydrogen-bond donors (Lipinski definition) is 4. The molecule has 0 heterocycles. The molecule has 0 rings (SSSR count). The molecule has 0 aromatic heterocycles. The first-order chi connectivity index (χ1) is 6.63. The molecule has 0 aromatic carbocycles. The molecule has 0 aliphatic heterocycles. The Labute approximate surface area is 86.1 Å². The summed E-state index contributed by atoms with van der Waals surface area (Å²) in [6, 6.07) is 0. The maximum Gasteiger partial charge on any atom is 0.397 e. The predicted octanol–water partition coefficient (Wildman–Crippen LogP) is -1.61. The number of rotatable bonds is 6. The molecule has 0 saturated heterocycles. The second-order valence-corrected chi connectivity index (χ2v) is 3.93. The molecule has 0 aliphatic carbocycles. The highest BCUT2D eigenvalue weighted by Crippen LogP contribution is 2.08. The van der Waals surface area contributed by atoms with Crippen LogP contribution in [0.4, 0.5) is 0 Å². The van der Waals surface area contributed by atoms with Crippen molar-refractivity contribution in [3.63, 3.8) is 0 Å². The van der Waals surface area contributed by atoms with Gasteiger partial charge in [0.1, 0.15) is 6.10 Å². The van der Waals surface area contributed by atoms with E-state index in [2.05, 4.69) is 4.18 Å². The monoisotopic (exact) mass is 244 g/mol. The van der Waals surface area contributed by atoms with Crippen LogP contribution in [0.15, 0.2) is 0 Å². The average molecular weight is 244 g/mol. The van der Waals surface area contributed by atoms with Gasteiger partial charge in [-0.25, -0.2) is 8.98 Å². The smallest absolute Gasteiger partial charge is 0.397 e. The molecular formula is C6H12O8S. The topological polar surface area (TPSA) is 141 Å². The molecule has 9 heteroatoms. The van der Waals surface area contributed by atoms with Crippen molar-refractivity contribution in [2.45, 2.75) is 31.7 Å². The van der Waals surface area contributed by atoms with Gasteiger partial charge in [0.15, 0.2) is 6.10 Å². The van der Waals surface area contributed by atoms with Crippen LogP contribution in [-0.2, 0) is 19.4 Å². The SMILES string of the molecule is C[C@H](OS(=O)(=O)O)[C@@H](O)C[C@H](O)C(=O)O. The van der Waals surface area contributed by atoms with Crippen molar-refractivity contribution in [2.24, 2.45) is 0 Å². The summed E-state index contributed by atoms with van der Waals surface area (Å²) in [4.78, 5) is 10.2. The third-order valence-electron chi connectivity index (χ3n) is 1.57. The highest BCUT2D eigenvalue weighted by atomic mass is 32.3. The number of aliphatic hydroxyl groups excluding tert-OH is 2. The summed E-state index contributed by atoms with van der Waals surface area (Å²) in [5.74, 6) is -1.55.